The van der Waals surface area contributed by atoms with Crippen molar-refractivity contribution in [2.24, 2.45) is 0 Å². The first-order chi connectivity index (χ1) is 6.25. The van der Waals surface area contributed by atoms with Crippen LogP contribution in [-0.2, 0) is 0 Å². The molecule has 13 heavy (non-hydrogen) atoms. The highest BCUT2D eigenvalue weighted by Gasteiger charge is 2.01. The predicted molar refractivity (Wildman–Crippen MR) is 56.3 cm³/mol. The van der Waals surface area contributed by atoms with Gasteiger partial charge in [-0.25, -0.2) is 0 Å². The van der Waals surface area contributed by atoms with E-state index in [2.05, 4.69) is 15.9 Å². The van der Waals surface area contributed by atoms with Gasteiger partial charge in [-0.3, -0.25) is 0 Å². The molecule has 0 bridgehead atoms. The third kappa shape index (κ3) is 1.75. The van der Waals surface area contributed by atoms with E-state index < -0.39 is 0 Å². The quantitative estimate of drug-likeness (QED) is 0.827. The zero-order valence-electron chi connectivity index (χ0n) is 6.83. The van der Waals surface area contributed by atoms with E-state index in [1.54, 1.807) is 6.26 Å². The summed E-state index contributed by atoms with van der Waals surface area (Å²) in [6, 6.07) is 9.79. The number of nitrogen functional groups attached to an aromatic ring is 1. The highest BCUT2D eigenvalue weighted by atomic mass is 79.9. The maximum atomic E-state index is 5.48. The van der Waals surface area contributed by atoms with E-state index in [0.717, 1.165) is 15.6 Å². The number of anilines is 1. The zero-order chi connectivity index (χ0) is 9.26. The normalized spacial score (nSPS) is 10.2. The Morgan fingerprint density at radius 2 is 2.00 bits per heavy atom. The van der Waals surface area contributed by atoms with Crippen LogP contribution in [0.2, 0.25) is 0 Å². The van der Waals surface area contributed by atoms with Gasteiger partial charge in [0.2, 0.25) is 0 Å². The molecule has 0 atom stereocenters. The van der Waals surface area contributed by atoms with Gasteiger partial charge in [0.05, 0.1) is 0 Å². The molecule has 0 saturated heterocycles. The molecule has 0 aliphatic heterocycles. The first kappa shape index (κ1) is 8.38. The topological polar surface area (TPSA) is 39.2 Å². The van der Waals surface area contributed by atoms with E-state index >= 15 is 0 Å². The molecule has 2 nitrogen and oxygen atoms in total. The number of rotatable bonds is 1. The monoisotopic (exact) mass is 237 g/mol. The average molecular weight is 238 g/mol. The van der Waals surface area contributed by atoms with Crippen molar-refractivity contribution in [2.45, 2.75) is 0 Å². The summed E-state index contributed by atoms with van der Waals surface area (Å²) in [7, 11) is 0. The second-order valence-corrected chi connectivity index (χ2v) is 3.66. The van der Waals surface area contributed by atoms with Gasteiger partial charge in [0.15, 0.2) is 5.88 Å². The highest BCUT2D eigenvalue weighted by molar-refractivity contribution is 9.10. The van der Waals surface area contributed by atoms with Crippen molar-refractivity contribution in [1.29, 1.82) is 0 Å². The van der Waals surface area contributed by atoms with Crippen molar-refractivity contribution in [2.75, 3.05) is 5.73 Å². The van der Waals surface area contributed by atoms with Gasteiger partial charge in [-0.05, 0) is 17.7 Å². The van der Waals surface area contributed by atoms with Gasteiger partial charge in [-0.2, -0.15) is 0 Å². The number of benzene rings is 1. The van der Waals surface area contributed by atoms with Crippen molar-refractivity contribution in [3.05, 3.63) is 41.1 Å². The standard InChI is InChI=1S/C10H8BrNO/c11-9-3-1-2-7(4-9)8-5-10(12)13-6-8/h1-6H,12H2. The molecule has 0 aliphatic rings. The van der Waals surface area contributed by atoms with Crippen LogP contribution in [0.15, 0.2) is 45.5 Å². The first-order valence-electron chi connectivity index (χ1n) is 3.85. The van der Waals surface area contributed by atoms with Crippen LogP contribution in [0.3, 0.4) is 0 Å². The molecule has 1 aromatic heterocycles. The van der Waals surface area contributed by atoms with Crippen LogP contribution in [0.25, 0.3) is 11.1 Å². The Morgan fingerprint density at radius 1 is 1.15 bits per heavy atom. The van der Waals surface area contributed by atoms with Gasteiger partial charge in [0, 0.05) is 16.1 Å². The Bertz CT molecular complexity index is 422. The Morgan fingerprint density at radius 3 is 2.62 bits per heavy atom. The van der Waals surface area contributed by atoms with Gasteiger partial charge in [-0.1, -0.05) is 28.1 Å². The smallest absolute Gasteiger partial charge is 0.190 e. The summed E-state index contributed by atoms with van der Waals surface area (Å²) in [6.45, 7) is 0. The molecule has 1 aromatic carbocycles. The van der Waals surface area contributed by atoms with Crippen LogP contribution in [-0.4, -0.2) is 0 Å². The molecule has 0 spiro atoms. The summed E-state index contributed by atoms with van der Waals surface area (Å²) < 4.78 is 6.07. The molecule has 0 fully saturated rings. The second-order valence-electron chi connectivity index (χ2n) is 2.75. The van der Waals surface area contributed by atoms with Gasteiger partial charge in [0.1, 0.15) is 6.26 Å². The molecule has 0 saturated carbocycles. The predicted octanol–water partition coefficient (Wildman–Crippen LogP) is 3.29. The molecular weight excluding hydrogens is 230 g/mol. The van der Waals surface area contributed by atoms with E-state index in [1.165, 1.54) is 0 Å². The fraction of sp³-hybridized carbons (Fsp3) is 0. The maximum absolute atomic E-state index is 5.48. The average Bonchev–Trinajstić information content (AvgIpc) is 2.52. The van der Waals surface area contributed by atoms with Crippen molar-refractivity contribution in [1.82, 2.24) is 0 Å². The van der Waals surface area contributed by atoms with Crippen molar-refractivity contribution in [3.8, 4) is 11.1 Å². The first-order valence-corrected chi connectivity index (χ1v) is 4.65. The molecule has 1 heterocycles. The fourth-order valence-corrected chi connectivity index (χ4v) is 1.57. The summed E-state index contributed by atoms with van der Waals surface area (Å²) >= 11 is 3.40. The van der Waals surface area contributed by atoms with Crippen LogP contribution in [0.4, 0.5) is 5.88 Å². The number of hydrogen-bond acceptors (Lipinski definition) is 2. The van der Waals surface area contributed by atoms with Crippen molar-refractivity contribution < 1.29 is 4.42 Å². The van der Waals surface area contributed by atoms with Gasteiger partial charge >= 0.3 is 0 Å². The van der Waals surface area contributed by atoms with Crippen LogP contribution >= 0.6 is 15.9 Å². The van der Waals surface area contributed by atoms with Crippen molar-refractivity contribution >= 4 is 21.8 Å². The molecule has 66 valence electrons. The molecule has 2 aromatic rings. The fourth-order valence-electron chi connectivity index (χ4n) is 1.17. The summed E-state index contributed by atoms with van der Waals surface area (Å²) in [5.41, 5.74) is 7.57. The molecule has 0 radical (unpaired) electrons. The minimum atomic E-state index is 0.440. The second kappa shape index (κ2) is 3.26. The van der Waals surface area contributed by atoms with Crippen LogP contribution in [0, 0.1) is 0 Å². The molecule has 0 aliphatic carbocycles. The van der Waals surface area contributed by atoms with Crippen molar-refractivity contribution in [3.63, 3.8) is 0 Å². The molecule has 0 amide bonds. The lowest BCUT2D eigenvalue weighted by Gasteiger charge is -1.96. The summed E-state index contributed by atoms with van der Waals surface area (Å²) in [5, 5.41) is 0. The molecule has 2 N–H and O–H groups in total. The van der Waals surface area contributed by atoms with E-state index in [4.69, 9.17) is 10.2 Å². The Balaban J connectivity index is 2.46. The van der Waals surface area contributed by atoms with E-state index in [1.807, 2.05) is 30.3 Å². The Labute approximate surface area is 84.5 Å². The minimum absolute atomic E-state index is 0.440. The van der Waals surface area contributed by atoms with Gasteiger partial charge in [0.25, 0.3) is 0 Å². The van der Waals surface area contributed by atoms with E-state index in [9.17, 15) is 0 Å². The number of nitrogens with two attached hydrogens (primary N) is 1. The Kier molecular flexibility index (Phi) is 2.10. The molecule has 2 rings (SSSR count). The SMILES string of the molecule is Nc1cc(-c2cccc(Br)c2)co1. The zero-order valence-corrected chi connectivity index (χ0v) is 8.41. The van der Waals surface area contributed by atoms with Crippen LogP contribution in [0.5, 0.6) is 0 Å². The molecule has 3 heteroatoms. The van der Waals surface area contributed by atoms with Crippen LogP contribution < -0.4 is 5.73 Å². The lowest BCUT2D eigenvalue weighted by Crippen LogP contribution is -1.77. The van der Waals surface area contributed by atoms with Gasteiger partial charge in [-0.15, -0.1) is 0 Å². The van der Waals surface area contributed by atoms with Crippen LogP contribution in [0.1, 0.15) is 0 Å². The maximum Gasteiger partial charge on any atom is 0.190 e. The molecule has 0 unspecified atom stereocenters. The summed E-state index contributed by atoms with van der Waals surface area (Å²) in [5.74, 6) is 0.440. The molecular formula is C10H8BrNO. The van der Waals surface area contributed by atoms with E-state index in [-0.39, 0.29) is 0 Å². The minimum Gasteiger partial charge on any atom is -0.449 e. The number of furan rings is 1. The number of hydrogen-bond donors (Lipinski definition) is 1. The Hall–Kier alpha value is -1.22. The largest absolute Gasteiger partial charge is 0.449 e. The third-order valence-corrected chi connectivity index (χ3v) is 2.27. The van der Waals surface area contributed by atoms with Gasteiger partial charge < -0.3 is 10.2 Å². The lowest BCUT2D eigenvalue weighted by molar-refractivity contribution is 0.588. The lowest BCUT2D eigenvalue weighted by atomic mass is 10.1. The summed E-state index contributed by atoms with van der Waals surface area (Å²) in [6.07, 6.45) is 1.65. The highest BCUT2D eigenvalue weighted by Crippen LogP contribution is 2.25. The van der Waals surface area contributed by atoms with E-state index in [0.29, 0.717) is 5.88 Å². The summed E-state index contributed by atoms with van der Waals surface area (Å²) in [4.78, 5) is 0. The number of halogens is 1. The third-order valence-electron chi connectivity index (χ3n) is 1.78.